The van der Waals surface area contributed by atoms with Crippen LogP contribution in [0.5, 0.6) is 0 Å². The van der Waals surface area contributed by atoms with Crippen LogP contribution in [0.2, 0.25) is 0 Å². The molecule has 8 heterocycles. The molecule has 4 aromatic carbocycles. The number of primary amides is 1. The zero-order chi connectivity index (χ0) is 46.5. The first-order chi connectivity index (χ1) is 33.2. The SMILES string of the molecule is C.C.NC(=O)c1ccc(-c2c(C3CCOCC3)n(-c3ccc(F)cc3)c3cc4c(nc23)CN=C4)cc1.O=C(O)c1ccc(-c2c(C3CCOCC3)n(-c3ccc(F)cc3)c3cc4c(nc23)CN=C4)cc1. The molecule has 0 unspecified atom stereocenters. The molecule has 3 N–H and O–H groups in total. The Morgan fingerprint density at radius 3 is 1.33 bits per heavy atom. The summed E-state index contributed by atoms with van der Waals surface area (Å²) in [5.74, 6) is -1.53. The number of pyridine rings is 2. The smallest absolute Gasteiger partial charge is 0.335 e. The van der Waals surface area contributed by atoms with E-state index in [4.69, 9.17) is 25.2 Å². The molecule has 1 amide bonds. The molecule has 0 atom stereocenters. The van der Waals surface area contributed by atoms with E-state index < -0.39 is 11.9 Å². The van der Waals surface area contributed by atoms with Crippen LogP contribution in [0.4, 0.5) is 8.78 Å². The molecule has 4 aliphatic rings. The number of hydrogen-bond donors (Lipinski definition) is 2. The monoisotopic (exact) mass is 941 g/mol. The largest absolute Gasteiger partial charge is 0.478 e. The van der Waals surface area contributed by atoms with E-state index in [1.54, 1.807) is 48.5 Å². The zero-order valence-corrected chi connectivity index (χ0v) is 36.9. The molecule has 4 aliphatic heterocycles. The quantitative estimate of drug-likeness (QED) is 0.153. The highest BCUT2D eigenvalue weighted by atomic mass is 19.1. The second kappa shape index (κ2) is 19.7. The first-order valence-corrected chi connectivity index (χ1v) is 22.8. The summed E-state index contributed by atoms with van der Waals surface area (Å²) < 4.78 is 43.4. The molecule has 4 aromatic heterocycles. The number of aliphatic imine (C=N–C) groups is 2. The average molecular weight is 942 g/mol. The third-order valence-corrected chi connectivity index (χ3v) is 13.4. The lowest BCUT2D eigenvalue weighted by atomic mass is 9.90. The number of aromatic carboxylic acids is 1. The van der Waals surface area contributed by atoms with Crippen LogP contribution in [0.3, 0.4) is 0 Å². The van der Waals surface area contributed by atoms with Crippen molar-refractivity contribution in [3.05, 3.63) is 166 Å². The molecule has 0 radical (unpaired) electrons. The molecular formula is C56H53F2N7O5. The van der Waals surface area contributed by atoms with Crippen LogP contribution in [0.15, 0.2) is 119 Å². The van der Waals surface area contributed by atoms with Crippen molar-refractivity contribution in [3.63, 3.8) is 0 Å². The minimum Gasteiger partial charge on any atom is -0.478 e. The van der Waals surface area contributed by atoms with Gasteiger partial charge in [-0.3, -0.25) is 14.8 Å². The second-order valence-corrected chi connectivity index (χ2v) is 17.5. The molecule has 356 valence electrons. The maximum atomic E-state index is 13.8. The normalized spacial score (nSPS) is 15.2. The lowest BCUT2D eigenvalue weighted by Crippen LogP contribution is -2.17. The molecular weight excluding hydrogens is 889 g/mol. The number of carbonyl (C=O) groups excluding carboxylic acids is 1. The van der Waals surface area contributed by atoms with Crippen LogP contribution in [0.1, 0.15) is 107 Å². The average Bonchev–Trinajstić information content (AvgIpc) is 4.17. The molecule has 12 rings (SSSR count). The molecule has 0 spiro atoms. The van der Waals surface area contributed by atoms with Crippen molar-refractivity contribution in [1.29, 1.82) is 0 Å². The highest BCUT2D eigenvalue weighted by Gasteiger charge is 2.32. The summed E-state index contributed by atoms with van der Waals surface area (Å²) in [4.78, 5) is 42.0. The summed E-state index contributed by atoms with van der Waals surface area (Å²) in [5, 5.41) is 9.38. The Labute approximate surface area is 404 Å². The molecule has 70 heavy (non-hydrogen) atoms. The Kier molecular flexibility index (Phi) is 13.4. The van der Waals surface area contributed by atoms with Gasteiger partial charge in [-0.1, -0.05) is 39.1 Å². The molecule has 14 heteroatoms. The van der Waals surface area contributed by atoms with Crippen LogP contribution in [-0.2, 0) is 22.6 Å². The maximum absolute atomic E-state index is 13.8. The van der Waals surface area contributed by atoms with Crippen molar-refractivity contribution >= 4 is 46.4 Å². The topological polar surface area (TPSA) is 159 Å². The predicted octanol–water partition coefficient (Wildman–Crippen LogP) is 11.4. The summed E-state index contributed by atoms with van der Waals surface area (Å²) in [7, 11) is 0. The fourth-order valence-electron chi connectivity index (χ4n) is 10.1. The van der Waals surface area contributed by atoms with Gasteiger partial charge >= 0.3 is 5.97 Å². The Morgan fingerprint density at radius 2 is 0.957 bits per heavy atom. The summed E-state index contributed by atoms with van der Waals surface area (Å²) >= 11 is 0. The van der Waals surface area contributed by atoms with Crippen LogP contribution in [0, 0.1) is 11.6 Å². The summed E-state index contributed by atoms with van der Waals surface area (Å²) in [6.45, 7) is 3.81. The van der Waals surface area contributed by atoms with E-state index in [0.717, 1.165) is 115 Å². The van der Waals surface area contributed by atoms with Crippen molar-refractivity contribution in [1.82, 2.24) is 19.1 Å². The second-order valence-electron chi connectivity index (χ2n) is 17.5. The van der Waals surface area contributed by atoms with Gasteiger partial charge in [0.15, 0.2) is 0 Å². The number of aromatic nitrogens is 4. The fourth-order valence-corrected chi connectivity index (χ4v) is 10.1. The predicted molar refractivity (Wildman–Crippen MR) is 270 cm³/mol. The van der Waals surface area contributed by atoms with E-state index in [9.17, 15) is 23.5 Å². The molecule has 0 bridgehead atoms. The Balaban J connectivity index is 0.000000169. The first-order valence-electron chi connectivity index (χ1n) is 22.8. The molecule has 2 fully saturated rings. The number of amides is 1. The number of rotatable bonds is 8. The lowest BCUT2D eigenvalue weighted by molar-refractivity contribution is 0.0696. The third kappa shape index (κ3) is 8.69. The number of halogens is 2. The third-order valence-electron chi connectivity index (χ3n) is 13.4. The van der Waals surface area contributed by atoms with E-state index in [-0.39, 0.29) is 43.9 Å². The Hall–Kier alpha value is -7.68. The van der Waals surface area contributed by atoms with Gasteiger partial charge in [0.2, 0.25) is 5.91 Å². The minimum atomic E-state index is -0.960. The van der Waals surface area contributed by atoms with E-state index in [2.05, 4.69) is 31.3 Å². The molecule has 0 aliphatic carbocycles. The van der Waals surface area contributed by atoms with Crippen molar-refractivity contribution in [2.75, 3.05) is 26.4 Å². The summed E-state index contributed by atoms with van der Waals surface area (Å²) in [5.41, 5.74) is 21.5. The van der Waals surface area contributed by atoms with Gasteiger partial charge in [-0.15, -0.1) is 0 Å². The number of nitrogens with zero attached hydrogens (tertiary/aromatic N) is 6. The van der Waals surface area contributed by atoms with E-state index >= 15 is 0 Å². The van der Waals surface area contributed by atoms with Gasteiger partial charge in [0, 0.05) is 101 Å². The highest BCUT2D eigenvalue weighted by molar-refractivity contribution is 6.02. The number of hydrogen-bond acceptors (Lipinski definition) is 8. The van der Waals surface area contributed by atoms with Gasteiger partial charge in [0.25, 0.3) is 0 Å². The van der Waals surface area contributed by atoms with Crippen LogP contribution in [-0.4, -0.2) is 74.9 Å². The van der Waals surface area contributed by atoms with Crippen molar-refractivity contribution in [2.45, 2.75) is 65.5 Å². The fraction of sp³-hybridized carbons (Fsp3) is 0.250. The number of nitrogens with two attached hydrogens (primary N) is 1. The van der Waals surface area contributed by atoms with E-state index in [0.29, 0.717) is 45.1 Å². The van der Waals surface area contributed by atoms with Crippen LogP contribution >= 0.6 is 0 Å². The van der Waals surface area contributed by atoms with E-state index in [1.807, 2.05) is 36.7 Å². The van der Waals surface area contributed by atoms with Gasteiger partial charge < -0.3 is 29.4 Å². The Bertz CT molecular complexity index is 3090. The molecule has 0 saturated carbocycles. The van der Waals surface area contributed by atoms with Crippen LogP contribution in [0.25, 0.3) is 55.7 Å². The van der Waals surface area contributed by atoms with Gasteiger partial charge in [-0.25, -0.2) is 23.5 Å². The van der Waals surface area contributed by atoms with Crippen molar-refractivity contribution < 1.29 is 33.0 Å². The van der Waals surface area contributed by atoms with Gasteiger partial charge in [0.1, 0.15) is 11.6 Å². The number of ether oxygens (including phenoxy) is 2. The molecule has 2 saturated heterocycles. The number of carboxylic acid groups (broad SMARTS) is 1. The number of fused-ring (bicyclic) bond motifs is 4. The first kappa shape index (κ1) is 47.4. The number of carboxylic acids is 1. The molecule has 8 aromatic rings. The lowest BCUT2D eigenvalue weighted by Gasteiger charge is -2.25. The summed E-state index contributed by atoms with van der Waals surface area (Å²) in [6.07, 6.45) is 7.19. The Morgan fingerprint density at radius 1 is 0.571 bits per heavy atom. The van der Waals surface area contributed by atoms with Gasteiger partial charge in [-0.2, -0.15) is 0 Å². The van der Waals surface area contributed by atoms with Gasteiger partial charge in [0.05, 0.1) is 52.1 Å². The van der Waals surface area contributed by atoms with Crippen molar-refractivity contribution in [2.24, 2.45) is 15.7 Å². The van der Waals surface area contributed by atoms with Gasteiger partial charge in [-0.05, 0) is 122 Å². The highest BCUT2D eigenvalue weighted by Crippen LogP contribution is 2.45. The maximum Gasteiger partial charge on any atom is 0.335 e. The minimum absolute atomic E-state index is 0. The number of carbonyl (C=O) groups is 2. The number of benzene rings is 4. The zero-order valence-electron chi connectivity index (χ0n) is 36.9. The molecule has 12 nitrogen and oxygen atoms in total. The standard InChI is InChI=1S/C27H23FN4O2.C27H22FN3O3.2CH4/c28-20-5-7-21(8-6-20)32-23-13-19-14-30-15-22(19)31-25(23)24(26(32)17-9-11-34-12-10-17)16-1-3-18(4-2-16)27(29)33;28-20-5-7-21(8-6-20)31-23-13-19-14-29-15-22(19)30-25(23)24(26(31)17-9-11-34-12-10-17)16-1-3-18(4-2-16)27(32)33;;/h1-8,13-14,17H,9-12,15H2,(H2,29,33);1-8,13-14,17H,9-12,15H2,(H,32,33);2*1H4. The van der Waals surface area contributed by atoms with Crippen molar-refractivity contribution in [3.8, 4) is 33.6 Å². The van der Waals surface area contributed by atoms with E-state index in [1.165, 1.54) is 24.3 Å². The summed E-state index contributed by atoms with van der Waals surface area (Å²) in [6, 6.07) is 31.6. The van der Waals surface area contributed by atoms with Crippen LogP contribution < -0.4 is 5.73 Å².